The molecule has 6 heteroatoms. The predicted octanol–water partition coefficient (Wildman–Crippen LogP) is 2.67. The first kappa shape index (κ1) is 22.8. The SMILES string of the molecule is Cc1cccc(N2CCN(CCCNC(=O)CNC(=O)c3ccc(C)c(C)c3)CC2)c1. The van der Waals surface area contributed by atoms with Crippen LogP contribution in [0, 0.1) is 20.8 Å². The summed E-state index contributed by atoms with van der Waals surface area (Å²) in [6.45, 7) is 11.8. The van der Waals surface area contributed by atoms with E-state index in [-0.39, 0.29) is 18.4 Å². The molecule has 0 aromatic heterocycles. The van der Waals surface area contributed by atoms with Crippen molar-refractivity contribution >= 4 is 17.5 Å². The average molecular weight is 423 g/mol. The molecule has 2 N–H and O–H groups in total. The second-order valence-corrected chi connectivity index (χ2v) is 8.35. The molecule has 1 fully saturated rings. The lowest BCUT2D eigenvalue weighted by Gasteiger charge is -2.36. The van der Waals surface area contributed by atoms with Gasteiger partial charge in [0.2, 0.25) is 5.91 Å². The molecule has 1 aliphatic rings. The summed E-state index contributed by atoms with van der Waals surface area (Å²) < 4.78 is 0. The zero-order chi connectivity index (χ0) is 22.2. The Labute approximate surface area is 185 Å². The molecule has 0 aliphatic carbocycles. The first-order valence-corrected chi connectivity index (χ1v) is 11.1. The molecule has 0 bridgehead atoms. The van der Waals surface area contributed by atoms with Gasteiger partial charge in [-0.2, -0.15) is 0 Å². The van der Waals surface area contributed by atoms with Gasteiger partial charge in [-0.1, -0.05) is 18.2 Å². The van der Waals surface area contributed by atoms with E-state index in [2.05, 4.69) is 51.6 Å². The zero-order valence-electron chi connectivity index (χ0n) is 18.9. The third kappa shape index (κ3) is 6.82. The summed E-state index contributed by atoms with van der Waals surface area (Å²) in [6, 6.07) is 14.2. The fraction of sp³-hybridized carbons (Fsp3) is 0.440. The van der Waals surface area contributed by atoms with E-state index >= 15 is 0 Å². The fourth-order valence-corrected chi connectivity index (χ4v) is 3.79. The molecule has 0 radical (unpaired) electrons. The van der Waals surface area contributed by atoms with Crippen molar-refractivity contribution in [2.75, 3.05) is 50.7 Å². The number of carbonyl (C=O) groups is 2. The van der Waals surface area contributed by atoms with Crippen molar-refractivity contribution < 1.29 is 9.59 Å². The van der Waals surface area contributed by atoms with Crippen molar-refractivity contribution in [1.29, 1.82) is 0 Å². The van der Waals surface area contributed by atoms with Gasteiger partial charge in [-0.05, 0) is 74.7 Å². The topological polar surface area (TPSA) is 64.7 Å². The lowest BCUT2D eigenvalue weighted by atomic mass is 10.1. The summed E-state index contributed by atoms with van der Waals surface area (Å²) in [7, 11) is 0. The van der Waals surface area contributed by atoms with Gasteiger partial charge < -0.3 is 15.5 Å². The van der Waals surface area contributed by atoms with Crippen molar-refractivity contribution in [3.63, 3.8) is 0 Å². The number of carbonyl (C=O) groups excluding carboxylic acids is 2. The van der Waals surface area contributed by atoms with Crippen molar-refractivity contribution in [2.24, 2.45) is 0 Å². The van der Waals surface area contributed by atoms with Crippen LogP contribution in [0.1, 0.15) is 33.5 Å². The highest BCUT2D eigenvalue weighted by molar-refractivity contribution is 5.96. The second-order valence-electron chi connectivity index (χ2n) is 8.35. The van der Waals surface area contributed by atoms with Gasteiger partial charge in [-0.3, -0.25) is 14.5 Å². The van der Waals surface area contributed by atoms with Gasteiger partial charge in [0.25, 0.3) is 5.91 Å². The number of anilines is 1. The van der Waals surface area contributed by atoms with E-state index in [1.807, 2.05) is 26.0 Å². The fourth-order valence-electron chi connectivity index (χ4n) is 3.79. The third-order valence-electron chi connectivity index (χ3n) is 5.89. The Balaban J connectivity index is 1.29. The van der Waals surface area contributed by atoms with Gasteiger partial charge in [0.1, 0.15) is 0 Å². The van der Waals surface area contributed by atoms with Crippen LogP contribution in [0.15, 0.2) is 42.5 Å². The van der Waals surface area contributed by atoms with Crippen LogP contribution in [-0.4, -0.2) is 62.5 Å². The Morgan fingerprint density at radius 1 is 0.903 bits per heavy atom. The van der Waals surface area contributed by atoms with Crippen LogP contribution in [0.4, 0.5) is 5.69 Å². The number of aryl methyl sites for hydroxylation is 3. The monoisotopic (exact) mass is 422 g/mol. The molecule has 2 amide bonds. The highest BCUT2D eigenvalue weighted by atomic mass is 16.2. The summed E-state index contributed by atoms with van der Waals surface area (Å²) in [5.74, 6) is -0.369. The molecule has 0 saturated carbocycles. The molecule has 31 heavy (non-hydrogen) atoms. The van der Waals surface area contributed by atoms with Crippen LogP contribution in [0.25, 0.3) is 0 Å². The van der Waals surface area contributed by atoms with Gasteiger partial charge in [-0.25, -0.2) is 0 Å². The molecular formula is C25H34N4O2. The van der Waals surface area contributed by atoms with Crippen molar-refractivity contribution in [1.82, 2.24) is 15.5 Å². The number of rotatable bonds is 8. The minimum Gasteiger partial charge on any atom is -0.369 e. The maximum atomic E-state index is 12.2. The van der Waals surface area contributed by atoms with E-state index in [4.69, 9.17) is 0 Å². The maximum Gasteiger partial charge on any atom is 0.251 e. The molecule has 0 spiro atoms. The van der Waals surface area contributed by atoms with Crippen LogP contribution in [0.2, 0.25) is 0 Å². The molecule has 1 saturated heterocycles. The highest BCUT2D eigenvalue weighted by Gasteiger charge is 2.17. The van der Waals surface area contributed by atoms with Crippen molar-refractivity contribution in [2.45, 2.75) is 27.2 Å². The number of piperazine rings is 1. The first-order chi connectivity index (χ1) is 14.9. The summed E-state index contributed by atoms with van der Waals surface area (Å²) in [5.41, 5.74) is 5.39. The van der Waals surface area contributed by atoms with E-state index in [9.17, 15) is 9.59 Å². The molecule has 1 heterocycles. The molecular weight excluding hydrogens is 388 g/mol. The first-order valence-electron chi connectivity index (χ1n) is 11.1. The quantitative estimate of drug-likeness (QED) is 0.642. The Bertz CT molecular complexity index is 904. The third-order valence-corrected chi connectivity index (χ3v) is 5.89. The molecule has 1 aliphatic heterocycles. The predicted molar refractivity (Wildman–Crippen MR) is 126 cm³/mol. The Kier molecular flexibility index (Phi) is 8.06. The van der Waals surface area contributed by atoms with Crippen LogP contribution in [0.3, 0.4) is 0 Å². The van der Waals surface area contributed by atoms with Crippen LogP contribution >= 0.6 is 0 Å². The molecule has 2 aromatic carbocycles. The van der Waals surface area contributed by atoms with E-state index in [0.29, 0.717) is 12.1 Å². The van der Waals surface area contributed by atoms with E-state index in [0.717, 1.165) is 50.3 Å². The Morgan fingerprint density at radius 3 is 2.39 bits per heavy atom. The minimum atomic E-state index is -0.218. The normalized spacial score (nSPS) is 14.4. The lowest BCUT2D eigenvalue weighted by Crippen LogP contribution is -2.47. The number of amides is 2. The number of nitrogens with zero attached hydrogens (tertiary/aromatic N) is 2. The van der Waals surface area contributed by atoms with Crippen LogP contribution < -0.4 is 15.5 Å². The Hall–Kier alpha value is -2.86. The molecule has 166 valence electrons. The number of nitrogens with one attached hydrogen (secondary N) is 2. The second kappa shape index (κ2) is 11.0. The number of hydrogen-bond acceptors (Lipinski definition) is 4. The lowest BCUT2D eigenvalue weighted by molar-refractivity contribution is -0.120. The molecule has 0 atom stereocenters. The smallest absolute Gasteiger partial charge is 0.251 e. The highest BCUT2D eigenvalue weighted by Crippen LogP contribution is 2.17. The molecule has 2 aromatic rings. The summed E-state index contributed by atoms with van der Waals surface area (Å²) in [5, 5.41) is 5.59. The van der Waals surface area contributed by atoms with Crippen molar-refractivity contribution in [3.05, 3.63) is 64.7 Å². The summed E-state index contributed by atoms with van der Waals surface area (Å²) in [6.07, 6.45) is 0.904. The maximum absolute atomic E-state index is 12.2. The molecule has 3 rings (SSSR count). The number of benzene rings is 2. The standard InChI is InChI=1S/C25H34N4O2/c1-19-6-4-7-23(16-19)29-14-12-28(13-15-29)11-5-10-26-24(30)18-27-25(31)22-9-8-20(2)21(3)17-22/h4,6-9,16-17H,5,10-15,18H2,1-3H3,(H,26,30)(H,27,31). The van der Waals surface area contributed by atoms with Gasteiger partial charge in [0.05, 0.1) is 6.54 Å². The van der Waals surface area contributed by atoms with Crippen molar-refractivity contribution in [3.8, 4) is 0 Å². The van der Waals surface area contributed by atoms with Gasteiger partial charge in [0, 0.05) is 44.0 Å². The van der Waals surface area contributed by atoms with Crippen LogP contribution in [0.5, 0.6) is 0 Å². The van der Waals surface area contributed by atoms with Gasteiger partial charge in [-0.15, -0.1) is 0 Å². The summed E-state index contributed by atoms with van der Waals surface area (Å²) >= 11 is 0. The van der Waals surface area contributed by atoms with Gasteiger partial charge in [0.15, 0.2) is 0 Å². The summed E-state index contributed by atoms with van der Waals surface area (Å²) in [4.78, 5) is 29.1. The molecule has 6 nitrogen and oxygen atoms in total. The zero-order valence-corrected chi connectivity index (χ0v) is 18.9. The Morgan fingerprint density at radius 2 is 1.68 bits per heavy atom. The van der Waals surface area contributed by atoms with E-state index < -0.39 is 0 Å². The average Bonchev–Trinajstić information content (AvgIpc) is 2.77. The van der Waals surface area contributed by atoms with E-state index in [1.54, 1.807) is 6.07 Å². The largest absolute Gasteiger partial charge is 0.369 e. The minimum absolute atomic E-state index is 0.000917. The number of hydrogen-bond donors (Lipinski definition) is 2. The van der Waals surface area contributed by atoms with E-state index in [1.165, 1.54) is 11.3 Å². The van der Waals surface area contributed by atoms with Gasteiger partial charge >= 0.3 is 0 Å². The van der Waals surface area contributed by atoms with Crippen LogP contribution in [-0.2, 0) is 4.79 Å². The molecule has 0 unspecified atom stereocenters.